The van der Waals surface area contributed by atoms with E-state index in [-0.39, 0.29) is 5.56 Å². The van der Waals surface area contributed by atoms with Gasteiger partial charge in [-0.2, -0.15) is 0 Å². The van der Waals surface area contributed by atoms with Crippen LogP contribution in [-0.2, 0) is 0 Å². The zero-order valence-electron chi connectivity index (χ0n) is 6.29. The van der Waals surface area contributed by atoms with E-state index in [0.29, 0.717) is 15.9 Å². The summed E-state index contributed by atoms with van der Waals surface area (Å²) in [5, 5.41) is 0.860. The van der Waals surface area contributed by atoms with Crippen LogP contribution in [0.25, 0.3) is 10.3 Å². The Morgan fingerprint density at radius 1 is 1.50 bits per heavy atom. The van der Waals surface area contributed by atoms with E-state index in [1.807, 2.05) is 6.92 Å². The number of thiazole rings is 1. The standard InChI is InChI=1S/C6H6N3OPS/c1-2-7-4-3(12-2)5(10)9-6(11)8-4/h11H2,1H3,(H,8,9,10). The normalized spacial score (nSPS) is 10.8. The Kier molecular flexibility index (Phi) is 1.70. The van der Waals surface area contributed by atoms with Crippen molar-refractivity contribution in [3.8, 4) is 0 Å². The molecule has 4 nitrogen and oxygen atoms in total. The van der Waals surface area contributed by atoms with E-state index >= 15 is 0 Å². The zero-order chi connectivity index (χ0) is 8.72. The van der Waals surface area contributed by atoms with Gasteiger partial charge in [-0.3, -0.25) is 4.79 Å². The van der Waals surface area contributed by atoms with Crippen LogP contribution in [0.5, 0.6) is 0 Å². The van der Waals surface area contributed by atoms with Crippen LogP contribution in [0, 0.1) is 6.92 Å². The lowest BCUT2D eigenvalue weighted by atomic mass is 10.6. The molecule has 1 atom stereocenters. The first-order valence-corrected chi connectivity index (χ1v) is 4.69. The summed E-state index contributed by atoms with van der Waals surface area (Å²) in [4.78, 5) is 22.0. The summed E-state index contributed by atoms with van der Waals surface area (Å²) in [5.41, 5.74) is 0.944. The molecule has 0 saturated carbocycles. The smallest absolute Gasteiger partial charge is 0.270 e. The van der Waals surface area contributed by atoms with Gasteiger partial charge in [0.15, 0.2) is 5.65 Å². The molecule has 0 fully saturated rings. The van der Waals surface area contributed by atoms with Crippen molar-refractivity contribution >= 4 is 36.5 Å². The molecule has 0 spiro atoms. The summed E-state index contributed by atoms with van der Waals surface area (Å²) in [6.45, 7) is 1.86. The lowest BCUT2D eigenvalue weighted by molar-refractivity contribution is 1.21. The van der Waals surface area contributed by atoms with Crippen LogP contribution >= 0.6 is 20.6 Å². The number of nitrogens with zero attached hydrogens (tertiary/aromatic N) is 2. The van der Waals surface area contributed by atoms with Crippen molar-refractivity contribution in [1.82, 2.24) is 15.0 Å². The van der Waals surface area contributed by atoms with E-state index in [4.69, 9.17) is 0 Å². The lowest BCUT2D eigenvalue weighted by Crippen LogP contribution is -2.16. The molecule has 12 heavy (non-hydrogen) atoms. The van der Waals surface area contributed by atoms with Crippen molar-refractivity contribution in [3.05, 3.63) is 15.4 Å². The third kappa shape index (κ3) is 1.15. The number of rotatable bonds is 0. The molecule has 0 saturated heterocycles. The molecule has 1 N–H and O–H groups in total. The lowest BCUT2D eigenvalue weighted by Gasteiger charge is -1.88. The van der Waals surface area contributed by atoms with Crippen molar-refractivity contribution in [2.75, 3.05) is 0 Å². The van der Waals surface area contributed by atoms with Crippen LogP contribution in [-0.4, -0.2) is 15.0 Å². The fourth-order valence-corrected chi connectivity index (χ4v) is 1.96. The first kappa shape index (κ1) is 7.83. The number of hydrogen-bond donors (Lipinski definition) is 1. The van der Waals surface area contributed by atoms with Gasteiger partial charge in [0.25, 0.3) is 5.56 Å². The van der Waals surface area contributed by atoms with E-state index < -0.39 is 0 Å². The molecule has 0 aromatic carbocycles. The van der Waals surface area contributed by atoms with Crippen molar-refractivity contribution < 1.29 is 0 Å². The van der Waals surface area contributed by atoms with Gasteiger partial charge in [0.2, 0.25) is 0 Å². The third-order valence-corrected chi connectivity index (χ3v) is 2.62. The van der Waals surface area contributed by atoms with Crippen LogP contribution < -0.4 is 11.1 Å². The maximum atomic E-state index is 11.3. The molecule has 1 unspecified atom stereocenters. The molecule has 0 radical (unpaired) electrons. The highest BCUT2D eigenvalue weighted by molar-refractivity contribution is 7.26. The Balaban J connectivity index is 2.98. The monoisotopic (exact) mass is 199 g/mol. The van der Waals surface area contributed by atoms with Crippen LogP contribution in [0.2, 0.25) is 0 Å². The molecule has 0 aliphatic carbocycles. The molecule has 6 heteroatoms. The Hall–Kier alpha value is -0.800. The molecular weight excluding hydrogens is 193 g/mol. The molecule has 2 aromatic heterocycles. The molecule has 2 heterocycles. The second kappa shape index (κ2) is 2.61. The van der Waals surface area contributed by atoms with Crippen molar-refractivity contribution in [2.24, 2.45) is 0 Å². The molecule has 2 rings (SSSR count). The quantitative estimate of drug-likeness (QED) is 0.616. The summed E-state index contributed by atoms with van der Waals surface area (Å²) in [6.07, 6.45) is 0. The van der Waals surface area contributed by atoms with Crippen LogP contribution in [0.4, 0.5) is 0 Å². The van der Waals surface area contributed by atoms with Gasteiger partial charge in [0.05, 0.1) is 5.01 Å². The van der Waals surface area contributed by atoms with E-state index in [1.165, 1.54) is 11.3 Å². The second-order valence-corrected chi connectivity index (χ2v) is 4.09. The van der Waals surface area contributed by atoms with Gasteiger partial charge in [-0.25, -0.2) is 9.97 Å². The highest BCUT2D eigenvalue weighted by atomic mass is 32.1. The van der Waals surface area contributed by atoms with Gasteiger partial charge in [-0.15, -0.1) is 11.3 Å². The Morgan fingerprint density at radius 2 is 2.25 bits per heavy atom. The van der Waals surface area contributed by atoms with Crippen LogP contribution in [0.3, 0.4) is 0 Å². The summed E-state index contributed by atoms with van der Waals surface area (Å²) in [6, 6.07) is 0. The van der Waals surface area contributed by atoms with E-state index in [0.717, 1.165) is 5.01 Å². The summed E-state index contributed by atoms with van der Waals surface area (Å²) >= 11 is 1.36. The fraction of sp³-hybridized carbons (Fsp3) is 0.167. The van der Waals surface area contributed by atoms with Gasteiger partial charge < -0.3 is 4.98 Å². The molecule has 0 aliphatic rings. The minimum absolute atomic E-state index is 0.115. The third-order valence-electron chi connectivity index (χ3n) is 1.39. The highest BCUT2D eigenvalue weighted by Crippen LogP contribution is 2.13. The number of H-pyrrole nitrogens is 1. The largest absolute Gasteiger partial charge is 0.306 e. The minimum atomic E-state index is -0.115. The Morgan fingerprint density at radius 3 is 3.00 bits per heavy atom. The van der Waals surface area contributed by atoms with Gasteiger partial charge >= 0.3 is 0 Å². The van der Waals surface area contributed by atoms with E-state index in [1.54, 1.807) is 0 Å². The molecule has 0 amide bonds. The number of hydrogen-bond acceptors (Lipinski definition) is 4. The average Bonchev–Trinajstić information content (AvgIpc) is 2.29. The number of fused-ring (bicyclic) bond motifs is 1. The summed E-state index contributed by atoms with van der Waals surface area (Å²) in [5.74, 6) is 0. The first-order chi connectivity index (χ1) is 5.66. The number of aromatic amines is 1. The molecule has 0 bridgehead atoms. The second-order valence-electron chi connectivity index (χ2n) is 2.34. The Labute approximate surface area is 74.3 Å². The Bertz CT molecular complexity index is 489. The minimum Gasteiger partial charge on any atom is -0.306 e. The van der Waals surface area contributed by atoms with Crippen LogP contribution in [0.1, 0.15) is 5.01 Å². The number of aryl methyl sites for hydroxylation is 1. The van der Waals surface area contributed by atoms with Gasteiger partial charge in [-0.1, -0.05) is 9.24 Å². The number of aromatic nitrogens is 3. The SMILES string of the molecule is Cc1nc2nc(P)[nH]c(=O)c2s1. The summed E-state index contributed by atoms with van der Waals surface area (Å²) < 4.78 is 0.596. The maximum Gasteiger partial charge on any atom is 0.270 e. The maximum absolute atomic E-state index is 11.3. The van der Waals surface area contributed by atoms with Crippen LogP contribution in [0.15, 0.2) is 4.79 Å². The molecule has 2 aromatic rings. The average molecular weight is 199 g/mol. The molecular formula is C6H6N3OPS. The van der Waals surface area contributed by atoms with Crippen molar-refractivity contribution in [3.63, 3.8) is 0 Å². The molecule has 62 valence electrons. The number of nitrogens with one attached hydrogen (secondary N) is 1. The van der Waals surface area contributed by atoms with E-state index in [2.05, 4.69) is 24.2 Å². The van der Waals surface area contributed by atoms with E-state index in [9.17, 15) is 4.79 Å². The van der Waals surface area contributed by atoms with Gasteiger partial charge in [0.1, 0.15) is 10.3 Å². The first-order valence-electron chi connectivity index (χ1n) is 3.30. The molecule has 0 aliphatic heterocycles. The van der Waals surface area contributed by atoms with Crippen molar-refractivity contribution in [1.29, 1.82) is 0 Å². The predicted octanol–water partition coefficient (Wildman–Crippen LogP) is 0.188. The fourth-order valence-electron chi connectivity index (χ4n) is 0.955. The predicted molar refractivity (Wildman–Crippen MR) is 52.1 cm³/mol. The highest BCUT2D eigenvalue weighted by Gasteiger charge is 2.05. The van der Waals surface area contributed by atoms with Gasteiger partial charge in [-0.05, 0) is 6.92 Å². The summed E-state index contributed by atoms with van der Waals surface area (Å²) in [7, 11) is 2.34. The van der Waals surface area contributed by atoms with Gasteiger partial charge in [0, 0.05) is 0 Å². The topological polar surface area (TPSA) is 58.6 Å². The zero-order valence-corrected chi connectivity index (χ0v) is 8.26. The van der Waals surface area contributed by atoms with Crippen molar-refractivity contribution in [2.45, 2.75) is 6.92 Å².